The zero-order valence-corrected chi connectivity index (χ0v) is 17.4. The average molecular weight is 434 g/mol. The van der Waals surface area contributed by atoms with Crippen molar-refractivity contribution in [1.29, 1.82) is 0 Å². The average Bonchev–Trinajstić information content (AvgIpc) is 3.15. The van der Waals surface area contributed by atoms with E-state index in [-0.39, 0.29) is 28.7 Å². The van der Waals surface area contributed by atoms with Crippen LogP contribution in [0.4, 0.5) is 10.5 Å². The maximum atomic E-state index is 12.8. The van der Waals surface area contributed by atoms with Crippen molar-refractivity contribution in [1.82, 2.24) is 5.32 Å². The van der Waals surface area contributed by atoms with Crippen molar-refractivity contribution in [3.05, 3.63) is 47.5 Å². The minimum Gasteiger partial charge on any atom is -0.454 e. The molecular formula is C20H22N2O7S. The molecule has 160 valence electrons. The van der Waals surface area contributed by atoms with Crippen LogP contribution in [0.1, 0.15) is 29.8 Å². The zero-order valence-electron chi connectivity index (χ0n) is 16.6. The molecule has 0 radical (unpaired) electrons. The van der Waals surface area contributed by atoms with E-state index in [1.807, 2.05) is 0 Å². The molecule has 0 saturated carbocycles. The van der Waals surface area contributed by atoms with Crippen LogP contribution in [0, 0.1) is 0 Å². The van der Waals surface area contributed by atoms with Crippen LogP contribution in [0.5, 0.6) is 11.5 Å². The number of ketones is 1. The first-order valence-electron chi connectivity index (χ1n) is 9.27. The Morgan fingerprint density at radius 3 is 2.40 bits per heavy atom. The first-order chi connectivity index (χ1) is 14.3. The number of fused-ring (bicyclic) bond motifs is 1. The quantitative estimate of drug-likeness (QED) is 0.613. The lowest BCUT2D eigenvalue weighted by molar-refractivity contribution is 0.101. The number of Topliss-reactive ketones (excluding diaryl/α,β-unsaturated/α-hetero) is 1. The fourth-order valence-corrected chi connectivity index (χ4v) is 3.92. The third kappa shape index (κ3) is 5.01. The van der Waals surface area contributed by atoms with Crippen molar-refractivity contribution in [2.75, 3.05) is 24.7 Å². The first kappa shape index (κ1) is 21.4. The number of hydrogen-bond acceptors (Lipinski definition) is 7. The van der Waals surface area contributed by atoms with E-state index in [1.54, 1.807) is 19.1 Å². The summed E-state index contributed by atoms with van der Waals surface area (Å²) in [4.78, 5) is 23.3. The molecule has 1 heterocycles. The Balaban J connectivity index is 1.72. The molecule has 0 fully saturated rings. The van der Waals surface area contributed by atoms with Gasteiger partial charge in [0.15, 0.2) is 17.3 Å². The van der Waals surface area contributed by atoms with Gasteiger partial charge in [-0.1, -0.05) is 12.1 Å². The van der Waals surface area contributed by atoms with Crippen molar-refractivity contribution >= 4 is 27.6 Å². The van der Waals surface area contributed by atoms with Crippen LogP contribution in [-0.4, -0.2) is 40.2 Å². The van der Waals surface area contributed by atoms with Crippen LogP contribution >= 0.6 is 0 Å². The van der Waals surface area contributed by atoms with Crippen LogP contribution < -0.4 is 19.5 Å². The molecule has 1 aliphatic heterocycles. The Labute approximate surface area is 174 Å². The van der Waals surface area contributed by atoms with Gasteiger partial charge in [-0.3, -0.25) is 9.52 Å². The molecule has 10 heteroatoms. The third-order valence-corrected chi connectivity index (χ3v) is 5.71. The highest BCUT2D eigenvalue weighted by atomic mass is 32.2. The number of hydrogen-bond donors (Lipinski definition) is 2. The predicted octanol–water partition coefficient (Wildman–Crippen LogP) is 2.71. The molecule has 9 nitrogen and oxygen atoms in total. The summed E-state index contributed by atoms with van der Waals surface area (Å²) in [7, 11) is -3.93. The molecule has 0 saturated heterocycles. The van der Waals surface area contributed by atoms with Crippen LogP contribution in [-0.2, 0) is 21.2 Å². The van der Waals surface area contributed by atoms with Gasteiger partial charge in [-0.05, 0) is 44.0 Å². The number of amides is 1. The SMILES string of the molecule is CCOC(=O)NCCc1ccc(S(=O)(=O)Nc2cc3c(cc2C(C)=O)OCO3)cc1. The van der Waals surface area contributed by atoms with E-state index >= 15 is 0 Å². The monoisotopic (exact) mass is 434 g/mol. The number of nitrogens with one attached hydrogen (secondary N) is 2. The number of alkyl carbamates (subject to hydrolysis) is 1. The lowest BCUT2D eigenvalue weighted by atomic mass is 10.1. The van der Waals surface area contributed by atoms with Crippen LogP contribution in [0.15, 0.2) is 41.3 Å². The highest BCUT2D eigenvalue weighted by Crippen LogP contribution is 2.38. The predicted molar refractivity (Wildman–Crippen MR) is 109 cm³/mol. The Hall–Kier alpha value is -3.27. The highest BCUT2D eigenvalue weighted by Gasteiger charge is 2.23. The van der Waals surface area contributed by atoms with Crippen molar-refractivity contribution in [2.24, 2.45) is 0 Å². The minimum absolute atomic E-state index is 0.00929. The van der Waals surface area contributed by atoms with E-state index in [0.717, 1.165) is 5.56 Å². The van der Waals surface area contributed by atoms with Gasteiger partial charge < -0.3 is 19.5 Å². The fraction of sp³-hybridized carbons (Fsp3) is 0.300. The summed E-state index contributed by atoms with van der Waals surface area (Å²) >= 11 is 0. The van der Waals surface area contributed by atoms with E-state index in [0.29, 0.717) is 31.1 Å². The Bertz CT molecular complexity index is 1050. The van der Waals surface area contributed by atoms with Gasteiger partial charge >= 0.3 is 6.09 Å². The van der Waals surface area contributed by atoms with Gasteiger partial charge in [-0.2, -0.15) is 0 Å². The summed E-state index contributed by atoms with van der Waals surface area (Å²) in [5, 5.41) is 2.60. The van der Waals surface area contributed by atoms with Gasteiger partial charge in [0.25, 0.3) is 10.0 Å². The number of carbonyl (C=O) groups is 2. The third-order valence-electron chi connectivity index (χ3n) is 4.33. The Kier molecular flexibility index (Phi) is 6.46. The molecule has 0 bridgehead atoms. The van der Waals surface area contributed by atoms with Gasteiger partial charge in [-0.25, -0.2) is 13.2 Å². The summed E-state index contributed by atoms with van der Waals surface area (Å²) in [6, 6.07) is 9.14. The molecule has 0 unspecified atom stereocenters. The summed E-state index contributed by atoms with van der Waals surface area (Å²) in [5.41, 5.74) is 1.15. The number of ether oxygens (including phenoxy) is 3. The van der Waals surface area contributed by atoms with E-state index in [2.05, 4.69) is 10.0 Å². The molecule has 0 aliphatic carbocycles. The molecule has 1 aliphatic rings. The molecule has 0 atom stereocenters. The van der Waals surface area contributed by atoms with Crippen molar-refractivity contribution in [3.8, 4) is 11.5 Å². The fourth-order valence-electron chi connectivity index (χ4n) is 2.85. The number of anilines is 1. The minimum atomic E-state index is -3.93. The van der Waals surface area contributed by atoms with Crippen molar-refractivity contribution < 1.29 is 32.2 Å². The Morgan fingerprint density at radius 2 is 1.77 bits per heavy atom. The maximum Gasteiger partial charge on any atom is 0.407 e. The molecule has 2 aromatic carbocycles. The smallest absolute Gasteiger partial charge is 0.407 e. The molecule has 1 amide bonds. The number of sulfonamides is 1. The number of rotatable bonds is 8. The van der Waals surface area contributed by atoms with Crippen LogP contribution in [0.3, 0.4) is 0 Å². The van der Waals surface area contributed by atoms with E-state index in [9.17, 15) is 18.0 Å². The van der Waals surface area contributed by atoms with Crippen LogP contribution in [0.25, 0.3) is 0 Å². The van der Waals surface area contributed by atoms with Gasteiger partial charge in [0.2, 0.25) is 6.79 Å². The molecule has 0 spiro atoms. The number of benzene rings is 2. The molecule has 2 aromatic rings. The largest absolute Gasteiger partial charge is 0.454 e. The number of carbonyl (C=O) groups excluding carboxylic acids is 2. The van der Waals surface area contributed by atoms with E-state index < -0.39 is 16.1 Å². The topological polar surface area (TPSA) is 120 Å². The summed E-state index contributed by atoms with van der Waals surface area (Å²) in [6.07, 6.45) is 0.0225. The second-order valence-electron chi connectivity index (χ2n) is 6.45. The molecule has 2 N–H and O–H groups in total. The van der Waals surface area contributed by atoms with Crippen molar-refractivity contribution in [2.45, 2.75) is 25.2 Å². The second-order valence-corrected chi connectivity index (χ2v) is 8.14. The maximum absolute atomic E-state index is 12.8. The summed E-state index contributed by atoms with van der Waals surface area (Å²) < 4.78 is 43.3. The lowest BCUT2D eigenvalue weighted by Gasteiger charge is -2.13. The normalized spacial score (nSPS) is 12.3. The van der Waals surface area contributed by atoms with Crippen LogP contribution in [0.2, 0.25) is 0 Å². The molecule has 30 heavy (non-hydrogen) atoms. The molecule has 0 aromatic heterocycles. The summed E-state index contributed by atoms with van der Waals surface area (Å²) in [5.74, 6) is 0.446. The zero-order chi connectivity index (χ0) is 21.7. The van der Waals surface area contributed by atoms with Gasteiger partial charge in [-0.15, -0.1) is 0 Å². The van der Waals surface area contributed by atoms with Crippen molar-refractivity contribution in [3.63, 3.8) is 0 Å². The van der Waals surface area contributed by atoms with E-state index in [1.165, 1.54) is 31.2 Å². The first-order valence-corrected chi connectivity index (χ1v) is 10.8. The second kappa shape index (κ2) is 9.04. The molecular weight excluding hydrogens is 412 g/mol. The lowest BCUT2D eigenvalue weighted by Crippen LogP contribution is -2.26. The van der Waals surface area contributed by atoms with Gasteiger partial charge in [0, 0.05) is 18.2 Å². The van der Waals surface area contributed by atoms with Gasteiger partial charge in [0.05, 0.1) is 17.2 Å². The Morgan fingerprint density at radius 1 is 1.10 bits per heavy atom. The molecule has 3 rings (SSSR count). The summed E-state index contributed by atoms with van der Waals surface area (Å²) in [6.45, 7) is 3.72. The van der Waals surface area contributed by atoms with E-state index in [4.69, 9.17) is 14.2 Å². The standard InChI is InChI=1S/C20H22N2O7S/c1-3-27-20(24)21-9-8-14-4-6-15(7-5-14)30(25,26)22-17-11-19-18(28-12-29-19)10-16(17)13(2)23/h4-7,10-11,22H,3,8-9,12H2,1-2H3,(H,21,24). The highest BCUT2D eigenvalue weighted by molar-refractivity contribution is 7.92. The van der Waals surface area contributed by atoms with Gasteiger partial charge in [0.1, 0.15) is 0 Å².